The summed E-state index contributed by atoms with van der Waals surface area (Å²) in [6.45, 7) is 1.08. The van der Waals surface area contributed by atoms with Gasteiger partial charge in [0.15, 0.2) is 5.13 Å². The number of nitrogens with one attached hydrogen (secondary N) is 3. The maximum absolute atomic E-state index is 12.8. The third-order valence-corrected chi connectivity index (χ3v) is 7.02. The number of carbonyl (C=O) groups excluding carboxylic acids is 2. The molecule has 0 bridgehead atoms. The lowest BCUT2D eigenvalue weighted by Crippen LogP contribution is -2.23. The molecule has 8 heteroatoms. The highest BCUT2D eigenvalue weighted by Crippen LogP contribution is 2.29. The van der Waals surface area contributed by atoms with E-state index in [1.165, 1.54) is 11.3 Å². The van der Waals surface area contributed by atoms with Crippen LogP contribution in [0.1, 0.15) is 61.2 Å². The summed E-state index contributed by atoms with van der Waals surface area (Å²) >= 11 is 1.57. The first-order valence-corrected chi connectivity index (χ1v) is 12.0. The summed E-state index contributed by atoms with van der Waals surface area (Å²) in [4.78, 5) is 31.3. The molecule has 33 heavy (non-hydrogen) atoms. The number of thiazole rings is 1. The van der Waals surface area contributed by atoms with Gasteiger partial charge in [0.05, 0.1) is 5.69 Å². The van der Waals surface area contributed by atoms with Crippen molar-refractivity contribution in [2.24, 2.45) is 5.10 Å². The van der Waals surface area contributed by atoms with Crippen LogP contribution >= 0.6 is 11.3 Å². The number of fused-ring (bicyclic) bond motifs is 1. The second kappa shape index (κ2) is 9.54. The topological polar surface area (TPSA) is 95.5 Å². The van der Waals surface area contributed by atoms with Crippen LogP contribution in [0.3, 0.4) is 0 Å². The zero-order valence-corrected chi connectivity index (χ0v) is 19.0. The lowest BCUT2D eigenvalue weighted by Gasteiger charge is -2.10. The quantitative estimate of drug-likeness (QED) is 0.521. The maximum atomic E-state index is 12.8. The molecule has 1 aromatic heterocycles. The van der Waals surface area contributed by atoms with Crippen LogP contribution in [0, 0.1) is 0 Å². The van der Waals surface area contributed by atoms with Crippen molar-refractivity contribution in [3.63, 3.8) is 0 Å². The van der Waals surface area contributed by atoms with Crippen molar-refractivity contribution in [1.29, 1.82) is 0 Å². The fraction of sp³-hybridized carbons (Fsp3) is 0.280. The van der Waals surface area contributed by atoms with E-state index in [-0.39, 0.29) is 17.7 Å². The molecule has 0 saturated heterocycles. The van der Waals surface area contributed by atoms with E-state index in [0.29, 0.717) is 22.8 Å². The molecule has 1 unspecified atom stereocenters. The van der Waals surface area contributed by atoms with Crippen molar-refractivity contribution in [3.05, 3.63) is 81.4 Å². The van der Waals surface area contributed by atoms with Gasteiger partial charge < -0.3 is 10.7 Å². The van der Waals surface area contributed by atoms with Crippen LogP contribution < -0.4 is 16.1 Å². The first-order chi connectivity index (χ1) is 16.2. The predicted molar refractivity (Wildman–Crippen MR) is 130 cm³/mol. The lowest BCUT2D eigenvalue weighted by molar-refractivity contribution is 0.0950. The highest BCUT2D eigenvalue weighted by atomic mass is 32.1. The Morgan fingerprint density at radius 1 is 1.03 bits per heavy atom. The van der Waals surface area contributed by atoms with E-state index in [1.807, 2.05) is 36.5 Å². The van der Waals surface area contributed by atoms with Crippen LogP contribution in [0.25, 0.3) is 0 Å². The van der Waals surface area contributed by atoms with E-state index in [9.17, 15) is 9.59 Å². The standard InChI is InChI=1S/C25H25N5O2S/c31-23(19-8-4-6-17(12-19)20-14-27-28-15-20)26-13-16-5-3-7-18(11-16)24(32)30-25-29-21-9-1-2-10-22(21)33-25/h3-8,11-12,14,20,28H,1-2,9-10,13,15H2,(H,26,31)(H,29,30,32). The summed E-state index contributed by atoms with van der Waals surface area (Å²) in [5.74, 6) is -0.159. The molecule has 5 rings (SSSR count). The van der Waals surface area contributed by atoms with Crippen molar-refractivity contribution in [1.82, 2.24) is 15.7 Å². The summed E-state index contributed by atoms with van der Waals surface area (Å²) in [5, 5.41) is 10.6. The fourth-order valence-corrected chi connectivity index (χ4v) is 5.19. The molecule has 2 aliphatic rings. The van der Waals surface area contributed by atoms with Crippen molar-refractivity contribution in [2.45, 2.75) is 38.1 Å². The number of hydrazone groups is 1. The number of aromatic nitrogens is 1. The molecule has 1 aliphatic carbocycles. The van der Waals surface area contributed by atoms with Crippen molar-refractivity contribution in [2.75, 3.05) is 11.9 Å². The molecule has 3 N–H and O–H groups in total. The van der Waals surface area contributed by atoms with E-state index in [2.05, 4.69) is 26.1 Å². The molecule has 0 fully saturated rings. The van der Waals surface area contributed by atoms with Gasteiger partial charge in [-0.2, -0.15) is 5.10 Å². The second-order valence-corrected chi connectivity index (χ2v) is 9.39. The molecule has 3 aromatic rings. The molecular formula is C25H25N5O2S. The SMILES string of the molecule is O=C(NCc1cccc(C(=O)Nc2nc3c(s2)CCCC3)c1)c1cccc(C2C=NNC2)c1. The number of amides is 2. The van der Waals surface area contributed by atoms with Gasteiger partial charge in [-0.3, -0.25) is 14.9 Å². The normalized spacial score (nSPS) is 16.7. The van der Waals surface area contributed by atoms with Crippen molar-refractivity contribution >= 4 is 34.5 Å². The summed E-state index contributed by atoms with van der Waals surface area (Å²) in [6.07, 6.45) is 6.24. The number of aryl methyl sites for hydroxylation is 2. The van der Waals surface area contributed by atoms with Gasteiger partial charge in [-0.05, 0) is 61.1 Å². The Bertz CT molecular complexity index is 1200. The third kappa shape index (κ3) is 4.96. The Balaban J connectivity index is 1.21. The van der Waals surface area contributed by atoms with E-state index in [0.717, 1.165) is 42.6 Å². The minimum Gasteiger partial charge on any atom is -0.348 e. The third-order valence-electron chi connectivity index (χ3n) is 5.94. The van der Waals surface area contributed by atoms with Crippen LogP contribution in [-0.4, -0.2) is 29.6 Å². The first-order valence-electron chi connectivity index (χ1n) is 11.2. The van der Waals surface area contributed by atoms with Crippen molar-refractivity contribution < 1.29 is 9.59 Å². The zero-order valence-electron chi connectivity index (χ0n) is 18.1. The minimum atomic E-state index is -0.186. The summed E-state index contributed by atoms with van der Waals surface area (Å²) < 4.78 is 0. The predicted octanol–water partition coefficient (Wildman–Crippen LogP) is 3.88. The van der Waals surface area contributed by atoms with Crippen LogP contribution in [0.2, 0.25) is 0 Å². The number of nitrogens with zero attached hydrogens (tertiary/aromatic N) is 2. The number of rotatable bonds is 6. The number of anilines is 1. The molecule has 0 spiro atoms. The van der Waals surface area contributed by atoms with E-state index >= 15 is 0 Å². The Kier molecular flexibility index (Phi) is 6.17. The molecular weight excluding hydrogens is 434 g/mol. The van der Waals surface area contributed by atoms with E-state index < -0.39 is 0 Å². The summed E-state index contributed by atoms with van der Waals surface area (Å²) in [7, 11) is 0. The largest absolute Gasteiger partial charge is 0.348 e. The molecule has 0 saturated carbocycles. The number of benzene rings is 2. The molecule has 0 radical (unpaired) electrons. The molecule has 2 aromatic carbocycles. The second-order valence-electron chi connectivity index (χ2n) is 8.31. The highest BCUT2D eigenvalue weighted by Gasteiger charge is 2.18. The van der Waals surface area contributed by atoms with Gasteiger partial charge in [0.25, 0.3) is 11.8 Å². The Morgan fingerprint density at radius 2 is 1.85 bits per heavy atom. The van der Waals surface area contributed by atoms with E-state index in [1.54, 1.807) is 29.5 Å². The summed E-state index contributed by atoms with van der Waals surface area (Å²) in [6, 6.07) is 14.9. The molecule has 168 valence electrons. The average Bonchev–Trinajstić information content (AvgIpc) is 3.52. The number of hydrogen-bond acceptors (Lipinski definition) is 6. The molecule has 2 heterocycles. The first kappa shape index (κ1) is 21.3. The molecule has 1 aliphatic heterocycles. The van der Waals surface area contributed by atoms with Crippen LogP contribution in [0.5, 0.6) is 0 Å². The number of hydrogen-bond donors (Lipinski definition) is 3. The van der Waals surface area contributed by atoms with Gasteiger partial charge >= 0.3 is 0 Å². The zero-order chi connectivity index (χ0) is 22.6. The van der Waals surface area contributed by atoms with Gasteiger partial charge in [0.2, 0.25) is 0 Å². The van der Waals surface area contributed by atoms with Crippen LogP contribution in [0.4, 0.5) is 5.13 Å². The van der Waals surface area contributed by atoms with Gasteiger partial charge in [-0.1, -0.05) is 24.3 Å². The average molecular weight is 460 g/mol. The fourth-order valence-electron chi connectivity index (χ4n) is 4.14. The Morgan fingerprint density at radius 3 is 2.67 bits per heavy atom. The van der Waals surface area contributed by atoms with E-state index in [4.69, 9.17) is 0 Å². The van der Waals surface area contributed by atoms with Gasteiger partial charge in [0, 0.05) is 41.2 Å². The van der Waals surface area contributed by atoms with Crippen molar-refractivity contribution in [3.8, 4) is 0 Å². The summed E-state index contributed by atoms with van der Waals surface area (Å²) in [5.41, 5.74) is 7.13. The van der Waals surface area contributed by atoms with Gasteiger partial charge in [-0.25, -0.2) is 4.98 Å². The monoisotopic (exact) mass is 459 g/mol. The lowest BCUT2D eigenvalue weighted by atomic mass is 9.99. The molecule has 2 amide bonds. The van der Waals surface area contributed by atoms with Gasteiger partial charge in [-0.15, -0.1) is 11.3 Å². The highest BCUT2D eigenvalue weighted by molar-refractivity contribution is 7.15. The van der Waals surface area contributed by atoms with Crippen LogP contribution in [-0.2, 0) is 19.4 Å². The Labute approximate surface area is 196 Å². The Hall–Kier alpha value is -3.52. The number of carbonyl (C=O) groups is 2. The molecule has 7 nitrogen and oxygen atoms in total. The van der Waals surface area contributed by atoms with Crippen LogP contribution in [0.15, 0.2) is 53.6 Å². The van der Waals surface area contributed by atoms with Gasteiger partial charge in [0.1, 0.15) is 0 Å². The smallest absolute Gasteiger partial charge is 0.257 e. The molecule has 1 atom stereocenters. The minimum absolute atomic E-state index is 0.150. The maximum Gasteiger partial charge on any atom is 0.257 e.